The van der Waals surface area contributed by atoms with E-state index in [1.165, 1.54) is 23.3 Å². The number of hydrogen-bond acceptors (Lipinski definition) is 8. The van der Waals surface area contributed by atoms with Crippen molar-refractivity contribution in [3.8, 4) is 0 Å². The predicted molar refractivity (Wildman–Crippen MR) is 64.0 cm³/mol. The molecule has 0 bridgehead atoms. The molecule has 6 nitrogen and oxygen atoms in total. The van der Waals surface area contributed by atoms with Crippen LogP contribution in [-0.4, -0.2) is 19.6 Å². The van der Waals surface area contributed by atoms with Crippen molar-refractivity contribution in [3.05, 3.63) is 23.7 Å². The van der Waals surface area contributed by atoms with E-state index in [1.807, 2.05) is 6.92 Å². The minimum Gasteiger partial charge on any atom is -0.313 e. The van der Waals surface area contributed by atoms with Gasteiger partial charge in [0.05, 0.1) is 0 Å². The third-order valence-corrected chi connectivity index (χ3v) is 3.37. The molecule has 84 valence electrons. The summed E-state index contributed by atoms with van der Waals surface area (Å²) in [4.78, 5) is 8.38. The number of hydrogen-bond donors (Lipinski definition) is 2. The molecule has 0 saturated heterocycles. The van der Waals surface area contributed by atoms with Gasteiger partial charge in [0.15, 0.2) is 5.16 Å². The van der Waals surface area contributed by atoms with Crippen LogP contribution in [0.5, 0.6) is 0 Å². The molecule has 0 fully saturated rings. The van der Waals surface area contributed by atoms with Gasteiger partial charge in [-0.05, 0) is 12.5 Å². The van der Waals surface area contributed by atoms with Crippen molar-refractivity contribution in [2.24, 2.45) is 5.84 Å². The summed E-state index contributed by atoms with van der Waals surface area (Å²) in [5, 5.41) is 5.47. The summed E-state index contributed by atoms with van der Waals surface area (Å²) in [5.41, 5.74) is 4.43. The molecule has 0 aliphatic rings. The topological polar surface area (TPSA) is 89.6 Å². The zero-order valence-electron chi connectivity index (χ0n) is 8.54. The van der Waals surface area contributed by atoms with Crippen molar-refractivity contribution in [1.82, 2.24) is 19.6 Å². The van der Waals surface area contributed by atoms with Gasteiger partial charge in [0, 0.05) is 29.7 Å². The van der Waals surface area contributed by atoms with Crippen LogP contribution in [0.25, 0.3) is 0 Å². The van der Waals surface area contributed by atoms with Crippen LogP contribution in [0.4, 0.5) is 5.00 Å². The second-order valence-corrected chi connectivity index (χ2v) is 4.72. The highest BCUT2D eigenvalue weighted by atomic mass is 32.2. The summed E-state index contributed by atoms with van der Waals surface area (Å²) in [6, 6.07) is 0. The van der Waals surface area contributed by atoms with Crippen LogP contribution in [0.2, 0.25) is 0 Å². The number of hydrazine groups is 1. The van der Waals surface area contributed by atoms with Crippen molar-refractivity contribution in [3.63, 3.8) is 0 Å². The standard InChI is InChI=1S/C8H10N6S2/c1-5-2-10-8(11-3-5)15-4-6-7(12-9)16-14-13-6/h2-3,12H,4,9H2,1H3. The maximum Gasteiger partial charge on any atom is 0.187 e. The van der Waals surface area contributed by atoms with Gasteiger partial charge >= 0.3 is 0 Å². The Bertz CT molecular complexity index is 454. The van der Waals surface area contributed by atoms with Crippen LogP contribution >= 0.6 is 23.3 Å². The van der Waals surface area contributed by atoms with Crippen LogP contribution < -0.4 is 11.3 Å². The largest absolute Gasteiger partial charge is 0.313 e. The molecule has 0 aliphatic carbocycles. The van der Waals surface area contributed by atoms with Crippen molar-refractivity contribution in [2.75, 3.05) is 5.43 Å². The van der Waals surface area contributed by atoms with E-state index in [0.717, 1.165) is 21.4 Å². The summed E-state index contributed by atoms with van der Waals surface area (Å²) in [5.74, 6) is 5.98. The highest BCUT2D eigenvalue weighted by Crippen LogP contribution is 2.24. The Labute approximate surface area is 101 Å². The molecule has 16 heavy (non-hydrogen) atoms. The molecule has 0 amide bonds. The Kier molecular flexibility index (Phi) is 3.65. The fourth-order valence-corrected chi connectivity index (χ4v) is 2.31. The summed E-state index contributed by atoms with van der Waals surface area (Å²) in [6.45, 7) is 1.95. The average molecular weight is 254 g/mol. The quantitative estimate of drug-likeness (QED) is 0.367. The molecule has 8 heteroatoms. The Hall–Kier alpha value is -1.25. The van der Waals surface area contributed by atoms with E-state index < -0.39 is 0 Å². The van der Waals surface area contributed by atoms with E-state index >= 15 is 0 Å². The Balaban J connectivity index is 1.99. The van der Waals surface area contributed by atoms with Gasteiger partial charge in [-0.1, -0.05) is 16.3 Å². The van der Waals surface area contributed by atoms with Gasteiger partial charge in [0.1, 0.15) is 10.7 Å². The monoisotopic (exact) mass is 254 g/mol. The maximum atomic E-state index is 5.32. The number of nitrogens with two attached hydrogens (primary N) is 1. The molecule has 0 saturated carbocycles. The first-order valence-electron chi connectivity index (χ1n) is 4.49. The van der Waals surface area contributed by atoms with E-state index in [1.54, 1.807) is 12.4 Å². The minimum absolute atomic E-state index is 0.652. The third kappa shape index (κ3) is 2.65. The van der Waals surface area contributed by atoms with Crippen molar-refractivity contribution in [1.29, 1.82) is 0 Å². The summed E-state index contributed by atoms with van der Waals surface area (Å²) >= 11 is 2.74. The number of rotatable bonds is 4. The molecule has 2 heterocycles. The molecule has 0 radical (unpaired) electrons. The highest BCUT2D eigenvalue weighted by molar-refractivity contribution is 7.98. The fourth-order valence-electron chi connectivity index (χ4n) is 1.00. The van der Waals surface area contributed by atoms with Crippen molar-refractivity contribution >= 4 is 28.3 Å². The van der Waals surface area contributed by atoms with E-state index in [4.69, 9.17) is 5.84 Å². The van der Waals surface area contributed by atoms with Gasteiger partial charge in [0.2, 0.25) is 0 Å². The first kappa shape index (κ1) is 11.2. The summed E-state index contributed by atoms with van der Waals surface area (Å²) in [7, 11) is 0. The van der Waals surface area contributed by atoms with E-state index in [-0.39, 0.29) is 0 Å². The van der Waals surface area contributed by atoms with Crippen LogP contribution in [0.3, 0.4) is 0 Å². The van der Waals surface area contributed by atoms with Gasteiger partial charge in [-0.3, -0.25) is 0 Å². The minimum atomic E-state index is 0.652. The lowest BCUT2D eigenvalue weighted by Crippen LogP contribution is -2.06. The second kappa shape index (κ2) is 5.19. The molecular weight excluding hydrogens is 244 g/mol. The number of nitrogens with one attached hydrogen (secondary N) is 1. The number of thioether (sulfide) groups is 1. The highest BCUT2D eigenvalue weighted by Gasteiger charge is 2.07. The van der Waals surface area contributed by atoms with Gasteiger partial charge < -0.3 is 5.43 Å². The predicted octanol–water partition coefficient (Wildman–Crippen LogP) is 1.21. The van der Waals surface area contributed by atoms with Crippen LogP contribution in [-0.2, 0) is 5.75 Å². The lowest BCUT2D eigenvalue weighted by molar-refractivity contribution is 0.947. The molecule has 2 aromatic rings. The second-order valence-electron chi connectivity index (χ2n) is 3.02. The van der Waals surface area contributed by atoms with Crippen LogP contribution in [0.1, 0.15) is 11.3 Å². The number of aryl methyl sites for hydroxylation is 1. The Morgan fingerprint density at radius 3 is 2.88 bits per heavy atom. The number of nitrogen functional groups attached to an aromatic ring is 1. The number of aromatic nitrogens is 4. The van der Waals surface area contributed by atoms with Crippen LogP contribution in [0.15, 0.2) is 17.6 Å². The van der Waals surface area contributed by atoms with Crippen molar-refractivity contribution < 1.29 is 0 Å². The van der Waals surface area contributed by atoms with Gasteiger partial charge in [0.25, 0.3) is 0 Å². The maximum absolute atomic E-state index is 5.32. The first-order chi connectivity index (χ1) is 7.79. The molecule has 0 spiro atoms. The van der Waals surface area contributed by atoms with E-state index in [2.05, 4.69) is 25.0 Å². The van der Waals surface area contributed by atoms with Gasteiger partial charge in [-0.15, -0.1) is 5.10 Å². The fraction of sp³-hybridized carbons (Fsp3) is 0.250. The lowest BCUT2D eigenvalue weighted by atomic mass is 10.4. The SMILES string of the molecule is Cc1cnc(SCc2nnsc2NN)nc1. The molecular formula is C8H10N6S2. The Morgan fingerprint density at radius 2 is 2.19 bits per heavy atom. The van der Waals surface area contributed by atoms with E-state index in [9.17, 15) is 0 Å². The van der Waals surface area contributed by atoms with Gasteiger partial charge in [-0.25, -0.2) is 15.8 Å². The summed E-state index contributed by atoms with van der Waals surface area (Å²) in [6.07, 6.45) is 3.58. The van der Waals surface area contributed by atoms with Gasteiger partial charge in [-0.2, -0.15) is 0 Å². The molecule has 2 rings (SSSR count). The van der Waals surface area contributed by atoms with E-state index in [0.29, 0.717) is 5.75 Å². The van der Waals surface area contributed by atoms with Crippen molar-refractivity contribution in [2.45, 2.75) is 17.8 Å². The molecule has 0 aromatic carbocycles. The normalized spacial score (nSPS) is 10.4. The third-order valence-electron chi connectivity index (χ3n) is 1.78. The lowest BCUT2D eigenvalue weighted by Gasteiger charge is -1.99. The number of anilines is 1. The zero-order valence-corrected chi connectivity index (χ0v) is 10.2. The molecule has 3 N–H and O–H groups in total. The first-order valence-corrected chi connectivity index (χ1v) is 6.25. The zero-order chi connectivity index (χ0) is 11.4. The molecule has 0 atom stereocenters. The smallest absolute Gasteiger partial charge is 0.187 e. The Morgan fingerprint density at radius 1 is 1.44 bits per heavy atom. The average Bonchev–Trinajstić information content (AvgIpc) is 2.76. The van der Waals surface area contributed by atoms with Crippen LogP contribution in [0, 0.1) is 6.92 Å². The molecule has 0 aliphatic heterocycles. The summed E-state index contributed by atoms with van der Waals surface area (Å²) < 4.78 is 3.81. The molecule has 0 unspecified atom stereocenters. The molecule has 2 aromatic heterocycles. The number of nitrogens with zero attached hydrogens (tertiary/aromatic N) is 4.